The molecule has 5 rings (SSSR count). The lowest BCUT2D eigenvalue weighted by molar-refractivity contribution is -0.112. The van der Waals surface area contributed by atoms with Crippen LogP contribution < -0.4 is 5.32 Å². The number of amides is 1. The highest BCUT2D eigenvalue weighted by atomic mass is 35.5. The zero-order valence-corrected chi connectivity index (χ0v) is 21.5. The molecule has 1 amide bonds. The maximum absolute atomic E-state index is 13.1. The third-order valence-electron chi connectivity index (χ3n) is 6.16. The van der Waals surface area contributed by atoms with Crippen molar-refractivity contribution < 1.29 is 18.8 Å². The maximum Gasteiger partial charge on any atom is 0.341 e. The van der Waals surface area contributed by atoms with Gasteiger partial charge in [0.1, 0.15) is 22.2 Å². The average molecular weight is 532 g/mol. The van der Waals surface area contributed by atoms with Crippen LogP contribution in [0.5, 0.6) is 0 Å². The lowest BCUT2D eigenvalue weighted by atomic mass is 9.95. The van der Waals surface area contributed by atoms with E-state index in [-0.39, 0.29) is 12.2 Å². The molecule has 0 fully saturated rings. The molecule has 0 atom stereocenters. The second kappa shape index (κ2) is 10.6. The van der Waals surface area contributed by atoms with E-state index in [0.29, 0.717) is 32.4 Å². The Hall–Kier alpha value is -3.93. The second-order valence-electron chi connectivity index (χ2n) is 8.55. The van der Waals surface area contributed by atoms with Gasteiger partial charge in [-0.15, -0.1) is 11.3 Å². The third kappa shape index (κ3) is 5.01. The van der Waals surface area contributed by atoms with Gasteiger partial charge in [0.15, 0.2) is 5.76 Å². The first-order valence-electron chi connectivity index (χ1n) is 11.9. The van der Waals surface area contributed by atoms with Gasteiger partial charge in [0.05, 0.1) is 17.6 Å². The van der Waals surface area contributed by atoms with E-state index in [2.05, 4.69) is 10.5 Å². The number of nitrogens with one attached hydrogen (secondary N) is 1. The number of anilines is 1. The topological polar surface area (TPSA) is 105 Å². The van der Waals surface area contributed by atoms with Gasteiger partial charge in [0, 0.05) is 15.5 Å². The summed E-state index contributed by atoms with van der Waals surface area (Å²) in [7, 11) is 0. The van der Waals surface area contributed by atoms with Crippen LogP contribution in [0.4, 0.5) is 5.00 Å². The monoisotopic (exact) mass is 531 g/mol. The number of carbonyl (C=O) groups excluding carboxylic acids is 2. The molecule has 4 aromatic rings. The van der Waals surface area contributed by atoms with Crippen LogP contribution >= 0.6 is 22.9 Å². The molecule has 2 heterocycles. The average Bonchev–Trinajstić information content (AvgIpc) is 3.48. The van der Waals surface area contributed by atoms with E-state index in [4.69, 9.17) is 20.9 Å². The van der Waals surface area contributed by atoms with Gasteiger partial charge < -0.3 is 14.6 Å². The number of ether oxygens (including phenoxy) is 1. The Morgan fingerprint density at radius 2 is 2.00 bits per heavy atom. The molecule has 186 valence electrons. The highest BCUT2D eigenvalue weighted by molar-refractivity contribution is 7.17. The molecular formula is C28H22ClN3O4S. The van der Waals surface area contributed by atoms with Crippen molar-refractivity contribution in [1.82, 2.24) is 5.16 Å². The lowest BCUT2D eigenvalue weighted by Crippen LogP contribution is -2.16. The Balaban J connectivity index is 1.46. The fourth-order valence-electron chi connectivity index (χ4n) is 4.42. The van der Waals surface area contributed by atoms with Crippen LogP contribution in [-0.4, -0.2) is 23.6 Å². The number of nitriles is 1. The number of hydrogen-bond donors (Lipinski definition) is 1. The molecule has 37 heavy (non-hydrogen) atoms. The molecule has 9 heteroatoms. The van der Waals surface area contributed by atoms with Gasteiger partial charge in [-0.1, -0.05) is 22.8 Å². The quantitative estimate of drug-likeness (QED) is 0.166. The van der Waals surface area contributed by atoms with E-state index in [1.54, 1.807) is 31.2 Å². The number of benzene rings is 2. The molecule has 0 radical (unpaired) electrons. The van der Waals surface area contributed by atoms with E-state index >= 15 is 0 Å². The van der Waals surface area contributed by atoms with Crippen LogP contribution in [-0.2, 0) is 22.4 Å². The predicted molar refractivity (Wildman–Crippen MR) is 144 cm³/mol. The van der Waals surface area contributed by atoms with Gasteiger partial charge in [-0.3, -0.25) is 4.79 Å². The number of hydrogen-bond acceptors (Lipinski definition) is 7. The molecule has 0 spiro atoms. The van der Waals surface area contributed by atoms with Gasteiger partial charge in [0.2, 0.25) is 0 Å². The van der Waals surface area contributed by atoms with Crippen molar-refractivity contribution in [3.8, 4) is 17.4 Å². The summed E-state index contributed by atoms with van der Waals surface area (Å²) in [4.78, 5) is 26.9. The van der Waals surface area contributed by atoms with Gasteiger partial charge >= 0.3 is 5.97 Å². The number of fused-ring (bicyclic) bond motifs is 2. The fourth-order valence-corrected chi connectivity index (χ4v) is 5.82. The Kier molecular flexibility index (Phi) is 7.08. The van der Waals surface area contributed by atoms with Crippen molar-refractivity contribution in [2.75, 3.05) is 11.9 Å². The van der Waals surface area contributed by atoms with Crippen LogP contribution in [0.25, 0.3) is 28.3 Å². The molecule has 2 aromatic carbocycles. The number of rotatable bonds is 6. The van der Waals surface area contributed by atoms with Gasteiger partial charge in [-0.2, -0.15) is 5.26 Å². The van der Waals surface area contributed by atoms with E-state index < -0.39 is 11.9 Å². The first-order valence-corrected chi connectivity index (χ1v) is 13.1. The van der Waals surface area contributed by atoms with Crippen molar-refractivity contribution in [3.63, 3.8) is 0 Å². The molecule has 0 unspecified atom stereocenters. The van der Waals surface area contributed by atoms with Crippen molar-refractivity contribution in [1.29, 1.82) is 5.26 Å². The molecule has 7 nitrogen and oxygen atoms in total. The number of carbonyl (C=O) groups is 2. The highest BCUT2D eigenvalue weighted by Gasteiger charge is 2.27. The first kappa shape index (κ1) is 24.8. The normalized spacial score (nSPS) is 13.2. The molecule has 0 saturated heterocycles. The SMILES string of the molecule is CCOC(=O)c1c(NC(=O)/C(C#N)=C/c2ccc3noc(-c4ccc(Cl)cc4)c3c2)sc2c1CCCC2. The Morgan fingerprint density at radius 3 is 2.76 bits per heavy atom. The van der Waals surface area contributed by atoms with Gasteiger partial charge in [-0.25, -0.2) is 4.79 Å². The zero-order chi connectivity index (χ0) is 25.9. The number of thiophene rings is 1. The Labute approximate surface area is 222 Å². The number of esters is 1. The minimum atomic E-state index is -0.588. The summed E-state index contributed by atoms with van der Waals surface area (Å²) >= 11 is 7.39. The number of aromatic nitrogens is 1. The molecular weight excluding hydrogens is 510 g/mol. The van der Waals surface area contributed by atoms with E-state index in [9.17, 15) is 14.9 Å². The van der Waals surface area contributed by atoms with E-state index in [1.165, 1.54) is 17.4 Å². The summed E-state index contributed by atoms with van der Waals surface area (Å²) in [5, 5.41) is 18.5. The largest absolute Gasteiger partial charge is 0.462 e. The third-order valence-corrected chi connectivity index (χ3v) is 7.62. The minimum absolute atomic E-state index is 0.0926. The van der Waals surface area contributed by atoms with Crippen LogP contribution in [0.1, 0.15) is 46.1 Å². The van der Waals surface area contributed by atoms with Gasteiger partial charge in [-0.05, 0) is 86.2 Å². The molecule has 0 saturated carbocycles. The summed E-state index contributed by atoms with van der Waals surface area (Å²) < 4.78 is 10.8. The molecule has 2 aromatic heterocycles. The summed E-state index contributed by atoms with van der Waals surface area (Å²) in [6.45, 7) is 1.99. The van der Waals surface area contributed by atoms with Crippen LogP contribution in [0, 0.1) is 11.3 Å². The summed E-state index contributed by atoms with van der Waals surface area (Å²) in [6, 6.07) is 14.5. The number of halogens is 1. The van der Waals surface area contributed by atoms with E-state index in [1.807, 2.05) is 24.3 Å². The van der Waals surface area contributed by atoms with Crippen molar-refractivity contribution >= 4 is 56.8 Å². The predicted octanol–water partition coefficient (Wildman–Crippen LogP) is 6.81. The van der Waals surface area contributed by atoms with Crippen LogP contribution in [0.2, 0.25) is 5.02 Å². The first-order chi connectivity index (χ1) is 18.0. The van der Waals surface area contributed by atoms with Crippen molar-refractivity contribution in [2.45, 2.75) is 32.6 Å². The Bertz CT molecular complexity index is 1580. The van der Waals surface area contributed by atoms with E-state index in [0.717, 1.165) is 47.1 Å². The van der Waals surface area contributed by atoms with Crippen molar-refractivity contribution in [3.05, 3.63) is 74.6 Å². The maximum atomic E-state index is 13.1. The smallest absolute Gasteiger partial charge is 0.341 e. The number of aryl methyl sites for hydroxylation is 1. The summed E-state index contributed by atoms with van der Waals surface area (Å²) in [5.41, 5.74) is 3.34. The number of nitrogens with zero attached hydrogens (tertiary/aromatic N) is 2. The molecule has 1 N–H and O–H groups in total. The standard InChI is InChI=1S/C28H22ClN3O4S/c1-2-35-28(34)24-20-5-3-4-6-23(20)37-27(24)31-26(33)18(15-30)13-16-7-12-22-21(14-16)25(36-32-22)17-8-10-19(29)11-9-17/h7-14H,2-6H2,1H3,(H,31,33)/b18-13+. The molecule has 0 bridgehead atoms. The van der Waals surface area contributed by atoms with Crippen molar-refractivity contribution in [2.24, 2.45) is 0 Å². The zero-order valence-electron chi connectivity index (χ0n) is 20.0. The lowest BCUT2D eigenvalue weighted by Gasteiger charge is -2.12. The summed E-state index contributed by atoms with van der Waals surface area (Å²) in [6.07, 6.45) is 5.15. The highest BCUT2D eigenvalue weighted by Crippen LogP contribution is 2.39. The van der Waals surface area contributed by atoms with Gasteiger partial charge in [0.25, 0.3) is 5.91 Å². The molecule has 1 aliphatic rings. The molecule has 1 aliphatic carbocycles. The summed E-state index contributed by atoms with van der Waals surface area (Å²) in [5.74, 6) is -0.476. The molecule has 0 aliphatic heterocycles. The van der Waals surface area contributed by atoms with Crippen LogP contribution in [0.3, 0.4) is 0 Å². The Morgan fingerprint density at radius 1 is 1.22 bits per heavy atom. The van der Waals surface area contributed by atoms with Crippen LogP contribution in [0.15, 0.2) is 52.6 Å². The minimum Gasteiger partial charge on any atom is -0.462 e. The fraction of sp³-hybridized carbons (Fsp3) is 0.214. The second-order valence-corrected chi connectivity index (χ2v) is 10.1.